The highest BCUT2D eigenvalue weighted by Gasteiger charge is 2.11. The van der Waals surface area contributed by atoms with E-state index in [-0.39, 0.29) is 24.0 Å². The molecule has 0 saturated carbocycles. The number of carbonyl (C=O) groups excluding carboxylic acids is 2. The number of aromatic nitrogens is 1. The summed E-state index contributed by atoms with van der Waals surface area (Å²) in [5, 5.41) is 7.66. The topological polar surface area (TPSA) is 71.1 Å². The molecule has 0 saturated heterocycles. The summed E-state index contributed by atoms with van der Waals surface area (Å²) in [5.74, 6) is 0.0844. The lowest BCUT2D eigenvalue weighted by Gasteiger charge is -2.08. The van der Waals surface area contributed by atoms with Gasteiger partial charge in [-0.15, -0.1) is 23.1 Å². The molecule has 2 N–H and O–H groups in total. The first-order valence-electron chi connectivity index (χ1n) is 8.90. The van der Waals surface area contributed by atoms with E-state index < -0.39 is 0 Å². The molecule has 0 unspecified atom stereocenters. The lowest BCUT2D eigenvalue weighted by Crippen LogP contribution is -2.15. The SMILES string of the molecule is CSc1ccccc1NC(=O)Cc1csc(SCC(=O)Nc2ccc(C)cc2)n1. The van der Waals surface area contributed by atoms with Gasteiger partial charge in [-0.2, -0.15) is 0 Å². The van der Waals surface area contributed by atoms with Crippen LogP contribution in [0, 0.1) is 6.92 Å². The minimum atomic E-state index is -0.106. The van der Waals surface area contributed by atoms with Crippen molar-refractivity contribution in [2.24, 2.45) is 0 Å². The van der Waals surface area contributed by atoms with E-state index in [0.717, 1.165) is 26.2 Å². The Morgan fingerprint density at radius 1 is 1.03 bits per heavy atom. The number of amides is 2. The van der Waals surface area contributed by atoms with Crippen LogP contribution in [0.4, 0.5) is 11.4 Å². The fraction of sp³-hybridized carbons (Fsp3) is 0.190. The van der Waals surface area contributed by atoms with Crippen molar-refractivity contribution in [3.05, 3.63) is 65.2 Å². The molecule has 2 aromatic carbocycles. The molecule has 0 bridgehead atoms. The number of aryl methyl sites for hydroxylation is 1. The second kappa shape index (κ2) is 10.5. The fourth-order valence-electron chi connectivity index (χ4n) is 2.50. The molecule has 1 heterocycles. The number of nitrogens with one attached hydrogen (secondary N) is 2. The average Bonchev–Trinajstić information content (AvgIpc) is 3.16. The number of anilines is 2. The monoisotopic (exact) mass is 443 g/mol. The second-order valence-electron chi connectivity index (χ2n) is 6.23. The zero-order valence-electron chi connectivity index (χ0n) is 16.1. The summed E-state index contributed by atoms with van der Waals surface area (Å²) in [7, 11) is 0. The van der Waals surface area contributed by atoms with Crippen LogP contribution in [0.3, 0.4) is 0 Å². The van der Waals surface area contributed by atoms with Crippen LogP contribution >= 0.6 is 34.9 Å². The van der Waals surface area contributed by atoms with Crippen LogP contribution in [0.2, 0.25) is 0 Å². The zero-order valence-corrected chi connectivity index (χ0v) is 18.5. The van der Waals surface area contributed by atoms with Crippen LogP contribution in [0.15, 0.2) is 63.1 Å². The number of thiazole rings is 1. The number of hydrogen-bond acceptors (Lipinski definition) is 6. The predicted octanol–water partition coefficient (Wildman–Crippen LogP) is 5.09. The van der Waals surface area contributed by atoms with Crippen molar-refractivity contribution in [1.82, 2.24) is 4.98 Å². The van der Waals surface area contributed by atoms with Gasteiger partial charge in [-0.3, -0.25) is 9.59 Å². The molecule has 0 aliphatic carbocycles. The average molecular weight is 444 g/mol. The Balaban J connectivity index is 1.48. The normalized spacial score (nSPS) is 10.6. The number of benzene rings is 2. The molecular formula is C21H21N3O2S3. The summed E-state index contributed by atoms with van der Waals surface area (Å²) in [6, 6.07) is 15.4. The highest BCUT2D eigenvalue weighted by atomic mass is 32.2. The Kier molecular flexibility index (Phi) is 7.74. The van der Waals surface area contributed by atoms with Gasteiger partial charge in [0.05, 0.1) is 23.6 Å². The van der Waals surface area contributed by atoms with Crippen molar-refractivity contribution >= 4 is 58.0 Å². The van der Waals surface area contributed by atoms with E-state index in [1.54, 1.807) is 11.8 Å². The van der Waals surface area contributed by atoms with E-state index in [1.165, 1.54) is 23.1 Å². The van der Waals surface area contributed by atoms with Gasteiger partial charge in [-0.25, -0.2) is 4.98 Å². The Bertz CT molecular complexity index is 987. The number of hydrogen-bond donors (Lipinski definition) is 2. The van der Waals surface area contributed by atoms with Gasteiger partial charge in [0.1, 0.15) is 0 Å². The molecular weight excluding hydrogens is 422 g/mol. The summed E-state index contributed by atoms with van der Waals surface area (Å²) < 4.78 is 0.774. The Hall–Kier alpha value is -2.29. The molecule has 0 aliphatic rings. The van der Waals surface area contributed by atoms with E-state index in [0.29, 0.717) is 5.69 Å². The van der Waals surface area contributed by atoms with Crippen LogP contribution in [-0.2, 0) is 16.0 Å². The van der Waals surface area contributed by atoms with E-state index >= 15 is 0 Å². The van der Waals surface area contributed by atoms with Gasteiger partial charge >= 0.3 is 0 Å². The van der Waals surface area contributed by atoms with Crippen molar-refractivity contribution < 1.29 is 9.59 Å². The molecule has 2 amide bonds. The largest absolute Gasteiger partial charge is 0.325 e. The lowest BCUT2D eigenvalue weighted by molar-refractivity contribution is -0.116. The van der Waals surface area contributed by atoms with Crippen molar-refractivity contribution in [1.29, 1.82) is 0 Å². The summed E-state index contributed by atoms with van der Waals surface area (Å²) in [4.78, 5) is 29.9. The number of thioether (sulfide) groups is 2. The highest BCUT2D eigenvalue weighted by Crippen LogP contribution is 2.26. The van der Waals surface area contributed by atoms with Gasteiger partial charge in [0.2, 0.25) is 11.8 Å². The molecule has 0 spiro atoms. The summed E-state index contributed by atoms with van der Waals surface area (Å²) in [6.07, 6.45) is 2.18. The number of nitrogens with zero attached hydrogens (tertiary/aromatic N) is 1. The molecule has 1 aromatic heterocycles. The fourth-order valence-corrected chi connectivity index (χ4v) is 4.70. The molecule has 3 aromatic rings. The summed E-state index contributed by atoms with van der Waals surface area (Å²) in [5.41, 5.74) is 3.44. The smallest absolute Gasteiger partial charge is 0.234 e. The molecule has 150 valence electrons. The third kappa shape index (κ3) is 6.62. The molecule has 0 radical (unpaired) electrons. The Labute approximate surface area is 182 Å². The van der Waals surface area contributed by atoms with E-state index in [4.69, 9.17) is 0 Å². The Morgan fingerprint density at radius 2 is 1.79 bits per heavy atom. The molecule has 0 fully saturated rings. The first-order chi connectivity index (χ1) is 14.0. The van der Waals surface area contributed by atoms with Gasteiger partial charge in [-0.05, 0) is 37.4 Å². The van der Waals surface area contributed by atoms with E-state index in [9.17, 15) is 9.59 Å². The summed E-state index contributed by atoms with van der Waals surface area (Å²) >= 11 is 4.40. The maximum Gasteiger partial charge on any atom is 0.234 e. The van der Waals surface area contributed by atoms with Gasteiger partial charge in [0, 0.05) is 16.0 Å². The molecule has 8 heteroatoms. The number of para-hydroxylation sites is 1. The number of carbonyl (C=O) groups is 2. The quantitative estimate of drug-likeness (QED) is 0.475. The van der Waals surface area contributed by atoms with Crippen LogP contribution in [0.25, 0.3) is 0 Å². The van der Waals surface area contributed by atoms with Gasteiger partial charge < -0.3 is 10.6 Å². The molecule has 0 aliphatic heterocycles. The van der Waals surface area contributed by atoms with Crippen LogP contribution < -0.4 is 10.6 Å². The van der Waals surface area contributed by atoms with Crippen LogP contribution in [0.5, 0.6) is 0 Å². The highest BCUT2D eigenvalue weighted by molar-refractivity contribution is 8.01. The van der Waals surface area contributed by atoms with Crippen molar-refractivity contribution in [2.45, 2.75) is 22.6 Å². The lowest BCUT2D eigenvalue weighted by atomic mass is 10.2. The molecule has 29 heavy (non-hydrogen) atoms. The van der Waals surface area contributed by atoms with Crippen molar-refractivity contribution in [3.63, 3.8) is 0 Å². The molecule has 0 atom stereocenters. The third-order valence-corrected chi connectivity index (χ3v) is 6.78. The van der Waals surface area contributed by atoms with Crippen molar-refractivity contribution in [2.75, 3.05) is 22.6 Å². The first kappa shape index (κ1) is 21.4. The number of rotatable bonds is 8. The third-order valence-electron chi connectivity index (χ3n) is 3.92. The Morgan fingerprint density at radius 3 is 2.55 bits per heavy atom. The molecule has 5 nitrogen and oxygen atoms in total. The van der Waals surface area contributed by atoms with E-state index in [2.05, 4.69) is 15.6 Å². The van der Waals surface area contributed by atoms with Gasteiger partial charge in [0.25, 0.3) is 0 Å². The van der Waals surface area contributed by atoms with Gasteiger partial charge in [-0.1, -0.05) is 41.6 Å². The van der Waals surface area contributed by atoms with Crippen LogP contribution in [-0.4, -0.2) is 28.8 Å². The standard InChI is InChI=1S/C21H21N3O2S3/c1-14-7-9-15(10-8-14)22-20(26)13-29-21-23-16(12-28-21)11-19(25)24-17-5-3-4-6-18(17)27-2/h3-10,12H,11,13H2,1-2H3,(H,22,26)(H,24,25). The zero-order chi connectivity index (χ0) is 20.6. The summed E-state index contributed by atoms with van der Waals surface area (Å²) in [6.45, 7) is 2.00. The maximum atomic E-state index is 12.3. The van der Waals surface area contributed by atoms with Gasteiger partial charge in [0.15, 0.2) is 4.34 Å². The minimum Gasteiger partial charge on any atom is -0.325 e. The minimum absolute atomic E-state index is 0.0815. The second-order valence-corrected chi connectivity index (χ2v) is 9.16. The van der Waals surface area contributed by atoms with Crippen LogP contribution in [0.1, 0.15) is 11.3 Å². The predicted molar refractivity (Wildman–Crippen MR) is 123 cm³/mol. The first-order valence-corrected chi connectivity index (χ1v) is 12.0. The molecule has 3 rings (SSSR count). The van der Waals surface area contributed by atoms with Crippen molar-refractivity contribution in [3.8, 4) is 0 Å². The van der Waals surface area contributed by atoms with E-state index in [1.807, 2.05) is 67.1 Å². The maximum absolute atomic E-state index is 12.3.